The highest BCUT2D eigenvalue weighted by molar-refractivity contribution is 5.88. The highest BCUT2D eigenvalue weighted by Crippen LogP contribution is 2.12. The van der Waals surface area contributed by atoms with Gasteiger partial charge in [0.15, 0.2) is 5.69 Å². The summed E-state index contributed by atoms with van der Waals surface area (Å²) in [7, 11) is 1.38. The lowest BCUT2D eigenvalue weighted by molar-refractivity contribution is 0.0592. The van der Waals surface area contributed by atoms with Gasteiger partial charge < -0.3 is 4.74 Å². The molecule has 0 aromatic carbocycles. The third-order valence-corrected chi connectivity index (χ3v) is 3.43. The van der Waals surface area contributed by atoms with E-state index in [1.165, 1.54) is 39.2 Å². The van der Waals surface area contributed by atoms with Crippen molar-refractivity contribution in [2.75, 3.05) is 7.11 Å². The fourth-order valence-corrected chi connectivity index (χ4v) is 2.29. The Balaban J connectivity index is 2.52. The molecule has 5 heteroatoms. The first kappa shape index (κ1) is 16.7. The second-order valence-electron chi connectivity index (χ2n) is 5.12. The van der Waals surface area contributed by atoms with Crippen LogP contribution in [-0.2, 0) is 17.7 Å². The number of rotatable bonds is 10. The summed E-state index contributed by atoms with van der Waals surface area (Å²) >= 11 is 0. The van der Waals surface area contributed by atoms with E-state index < -0.39 is 0 Å². The Hall–Kier alpha value is -1.39. The van der Waals surface area contributed by atoms with Gasteiger partial charge in [0.05, 0.1) is 12.8 Å². The molecule has 0 aliphatic carbocycles. The topological polar surface area (TPSA) is 57.0 Å². The molecule has 0 radical (unpaired) electrons. The van der Waals surface area contributed by atoms with E-state index in [-0.39, 0.29) is 5.97 Å². The van der Waals surface area contributed by atoms with Crippen molar-refractivity contribution >= 4 is 5.97 Å². The number of esters is 1. The van der Waals surface area contributed by atoms with Crippen molar-refractivity contribution in [2.45, 2.75) is 71.8 Å². The number of carbonyl (C=O) groups is 1. The lowest BCUT2D eigenvalue weighted by Gasteiger charge is -2.06. The molecule has 0 N–H and O–H groups in total. The minimum atomic E-state index is -0.386. The Morgan fingerprint density at radius 1 is 1.10 bits per heavy atom. The molecule has 0 fully saturated rings. The fraction of sp³-hybridized carbons (Fsp3) is 0.800. The molecule has 0 atom stereocenters. The second kappa shape index (κ2) is 9.50. The molecule has 0 unspecified atom stereocenters. The van der Waals surface area contributed by atoms with E-state index in [1.807, 2.05) is 4.68 Å². The third kappa shape index (κ3) is 4.94. The first-order valence-corrected chi connectivity index (χ1v) is 7.75. The van der Waals surface area contributed by atoms with E-state index in [2.05, 4.69) is 24.2 Å². The number of unbranched alkanes of at least 4 members (excludes halogenated alkanes) is 5. The Labute approximate surface area is 121 Å². The number of aromatic nitrogens is 3. The molecule has 1 heterocycles. The van der Waals surface area contributed by atoms with E-state index in [4.69, 9.17) is 4.74 Å². The molecule has 0 saturated carbocycles. The molecule has 114 valence electrons. The van der Waals surface area contributed by atoms with Crippen LogP contribution in [0.5, 0.6) is 0 Å². The minimum Gasteiger partial charge on any atom is -0.464 e. The van der Waals surface area contributed by atoms with Crippen molar-refractivity contribution in [1.82, 2.24) is 15.0 Å². The predicted molar refractivity (Wildman–Crippen MR) is 78.7 cm³/mol. The number of ether oxygens (including phenoxy) is 1. The second-order valence-corrected chi connectivity index (χ2v) is 5.12. The van der Waals surface area contributed by atoms with E-state index in [1.54, 1.807) is 0 Å². The molecular weight excluding hydrogens is 254 g/mol. The van der Waals surface area contributed by atoms with Crippen molar-refractivity contribution in [1.29, 1.82) is 0 Å². The van der Waals surface area contributed by atoms with Crippen LogP contribution in [0.3, 0.4) is 0 Å². The number of hydrogen-bond acceptors (Lipinski definition) is 4. The van der Waals surface area contributed by atoms with Crippen LogP contribution in [0.15, 0.2) is 0 Å². The standard InChI is InChI=1S/C15H27N3O2/c1-4-6-7-8-9-10-12-18-13(11-5-2)14(16-17-18)15(19)20-3/h4-12H2,1-3H3. The maximum atomic E-state index is 11.6. The number of nitrogens with zero attached hydrogens (tertiary/aromatic N) is 3. The van der Waals surface area contributed by atoms with Crippen LogP contribution in [0.4, 0.5) is 0 Å². The van der Waals surface area contributed by atoms with E-state index in [0.29, 0.717) is 5.69 Å². The van der Waals surface area contributed by atoms with Gasteiger partial charge in [0.1, 0.15) is 0 Å². The third-order valence-electron chi connectivity index (χ3n) is 3.43. The molecule has 5 nitrogen and oxygen atoms in total. The molecular formula is C15H27N3O2. The highest BCUT2D eigenvalue weighted by atomic mass is 16.5. The average Bonchev–Trinajstić information content (AvgIpc) is 2.85. The first-order chi connectivity index (χ1) is 9.74. The highest BCUT2D eigenvalue weighted by Gasteiger charge is 2.19. The summed E-state index contributed by atoms with van der Waals surface area (Å²) in [6.07, 6.45) is 9.24. The van der Waals surface area contributed by atoms with Gasteiger partial charge in [-0.1, -0.05) is 57.6 Å². The van der Waals surface area contributed by atoms with Gasteiger partial charge in [0.25, 0.3) is 0 Å². The van der Waals surface area contributed by atoms with Crippen molar-refractivity contribution in [3.63, 3.8) is 0 Å². The zero-order chi connectivity index (χ0) is 14.8. The van der Waals surface area contributed by atoms with Gasteiger partial charge >= 0.3 is 5.97 Å². The lowest BCUT2D eigenvalue weighted by atomic mass is 10.1. The van der Waals surface area contributed by atoms with Crippen LogP contribution in [0.2, 0.25) is 0 Å². The van der Waals surface area contributed by atoms with E-state index in [0.717, 1.165) is 31.5 Å². The van der Waals surface area contributed by atoms with Gasteiger partial charge in [-0.25, -0.2) is 9.48 Å². The molecule has 1 aromatic rings. The van der Waals surface area contributed by atoms with Crippen LogP contribution in [0.1, 0.15) is 75.0 Å². The van der Waals surface area contributed by atoms with Gasteiger partial charge in [-0.2, -0.15) is 0 Å². The summed E-state index contributed by atoms with van der Waals surface area (Å²) < 4.78 is 6.62. The van der Waals surface area contributed by atoms with Gasteiger partial charge in [-0.3, -0.25) is 0 Å². The number of carbonyl (C=O) groups excluding carboxylic acids is 1. The lowest BCUT2D eigenvalue weighted by Crippen LogP contribution is -2.10. The summed E-state index contributed by atoms with van der Waals surface area (Å²) in [6.45, 7) is 5.15. The quantitative estimate of drug-likeness (QED) is 0.487. The van der Waals surface area contributed by atoms with Gasteiger partial charge in [0, 0.05) is 6.54 Å². The number of hydrogen-bond donors (Lipinski definition) is 0. The van der Waals surface area contributed by atoms with Crippen LogP contribution in [-0.4, -0.2) is 28.1 Å². The Morgan fingerprint density at radius 3 is 2.45 bits per heavy atom. The van der Waals surface area contributed by atoms with E-state index >= 15 is 0 Å². The average molecular weight is 281 g/mol. The largest absolute Gasteiger partial charge is 0.464 e. The van der Waals surface area contributed by atoms with Crippen molar-refractivity contribution < 1.29 is 9.53 Å². The molecule has 1 rings (SSSR count). The van der Waals surface area contributed by atoms with Crippen LogP contribution in [0, 0.1) is 0 Å². The normalized spacial score (nSPS) is 10.8. The number of methoxy groups -OCH3 is 1. The van der Waals surface area contributed by atoms with Gasteiger partial charge in [-0.05, 0) is 12.8 Å². The van der Waals surface area contributed by atoms with Crippen molar-refractivity contribution in [3.8, 4) is 0 Å². The predicted octanol–water partition coefficient (Wildman–Crippen LogP) is 3.38. The van der Waals surface area contributed by atoms with Crippen LogP contribution < -0.4 is 0 Å². The summed E-state index contributed by atoms with van der Waals surface area (Å²) in [5.41, 5.74) is 1.29. The Morgan fingerprint density at radius 2 is 1.80 bits per heavy atom. The summed E-state index contributed by atoms with van der Waals surface area (Å²) in [6, 6.07) is 0. The van der Waals surface area contributed by atoms with E-state index in [9.17, 15) is 4.79 Å². The summed E-state index contributed by atoms with van der Waals surface area (Å²) in [5, 5.41) is 8.08. The molecule has 0 aliphatic rings. The smallest absolute Gasteiger partial charge is 0.360 e. The molecule has 1 aromatic heterocycles. The van der Waals surface area contributed by atoms with Crippen molar-refractivity contribution in [3.05, 3.63) is 11.4 Å². The minimum absolute atomic E-state index is 0.375. The molecule has 0 aliphatic heterocycles. The first-order valence-electron chi connectivity index (χ1n) is 7.75. The van der Waals surface area contributed by atoms with Crippen molar-refractivity contribution in [2.24, 2.45) is 0 Å². The Kier molecular flexibility index (Phi) is 7.92. The molecule has 0 amide bonds. The van der Waals surface area contributed by atoms with Crippen LogP contribution >= 0.6 is 0 Å². The van der Waals surface area contributed by atoms with Gasteiger partial charge in [0.2, 0.25) is 0 Å². The maximum Gasteiger partial charge on any atom is 0.360 e. The molecule has 0 bridgehead atoms. The monoisotopic (exact) mass is 281 g/mol. The number of aryl methyl sites for hydroxylation is 1. The molecule has 0 saturated heterocycles. The zero-order valence-corrected chi connectivity index (χ0v) is 13.0. The summed E-state index contributed by atoms with van der Waals surface area (Å²) in [4.78, 5) is 11.6. The fourth-order valence-electron chi connectivity index (χ4n) is 2.29. The zero-order valence-electron chi connectivity index (χ0n) is 13.0. The SMILES string of the molecule is CCCCCCCCn1nnc(C(=O)OC)c1CCC. The maximum absolute atomic E-state index is 11.6. The molecule has 20 heavy (non-hydrogen) atoms. The van der Waals surface area contributed by atoms with Crippen LogP contribution in [0.25, 0.3) is 0 Å². The van der Waals surface area contributed by atoms with Gasteiger partial charge in [-0.15, -0.1) is 5.10 Å². The Bertz CT molecular complexity index is 402. The summed E-state index contributed by atoms with van der Waals surface area (Å²) in [5.74, 6) is -0.386. The molecule has 0 spiro atoms.